The van der Waals surface area contributed by atoms with Crippen molar-refractivity contribution in [2.75, 3.05) is 5.01 Å². The van der Waals surface area contributed by atoms with Crippen LogP contribution in [-0.2, 0) is 0 Å². The number of imidazole rings is 1. The first-order valence-electron chi connectivity index (χ1n) is 8.09. The molecule has 2 aromatic carbocycles. The van der Waals surface area contributed by atoms with E-state index in [0.717, 1.165) is 14.7 Å². The molecule has 0 radical (unpaired) electrons. The van der Waals surface area contributed by atoms with Crippen LogP contribution in [0.2, 0.25) is 0 Å². The largest absolute Gasteiger partial charge is 0.350 e. The van der Waals surface area contributed by atoms with Gasteiger partial charge in [0.25, 0.3) is 0 Å². The topological polar surface area (TPSA) is 106 Å². The van der Waals surface area contributed by atoms with E-state index in [1.807, 2.05) is 30.3 Å². The summed E-state index contributed by atoms with van der Waals surface area (Å²) in [5.41, 5.74) is 10.5. The van der Waals surface area contributed by atoms with Gasteiger partial charge in [-0.25, -0.2) is 24.3 Å². The normalized spacial score (nSPS) is 10.8. The Morgan fingerprint density at radius 3 is 2.50 bits per heavy atom. The summed E-state index contributed by atoms with van der Waals surface area (Å²) >= 11 is 7.36. The van der Waals surface area contributed by atoms with Gasteiger partial charge in [-0.2, -0.15) is 5.01 Å². The summed E-state index contributed by atoms with van der Waals surface area (Å²) < 4.78 is 1.13. The molecule has 0 aliphatic rings. The van der Waals surface area contributed by atoms with Gasteiger partial charge in [0, 0.05) is 22.7 Å². The lowest BCUT2D eigenvalue weighted by Gasteiger charge is -2.17. The standard InChI is InChI=1S/C18H13ClN6O2S/c19-24-14-9-5-4-8-12(14)21-15(24)16(26)23-25(17(20)27)18-22-13(10-28-18)11-6-2-1-3-7-11/h1-10H,(H2,20,27)(H,23,26). The zero-order valence-corrected chi connectivity index (χ0v) is 15.8. The SMILES string of the molecule is NC(=O)N(NC(=O)c1nc2ccccc2n1Cl)c1nc(-c2ccccc2)cs1. The molecule has 140 valence electrons. The number of fused-ring (bicyclic) bond motifs is 1. The van der Waals surface area contributed by atoms with E-state index in [2.05, 4.69) is 15.4 Å². The number of amides is 3. The Hall–Kier alpha value is -3.43. The molecule has 4 aromatic rings. The monoisotopic (exact) mass is 412 g/mol. The first kappa shape index (κ1) is 18.0. The highest BCUT2D eigenvalue weighted by atomic mass is 35.5. The maximum atomic E-state index is 12.6. The number of thiazole rings is 1. The Balaban J connectivity index is 1.62. The number of carbonyl (C=O) groups is 2. The number of primary amides is 1. The van der Waals surface area contributed by atoms with Gasteiger partial charge in [-0.05, 0) is 12.1 Å². The third-order valence-electron chi connectivity index (χ3n) is 3.90. The van der Waals surface area contributed by atoms with Crippen molar-refractivity contribution in [3.8, 4) is 11.3 Å². The molecule has 4 rings (SSSR count). The van der Waals surface area contributed by atoms with Crippen LogP contribution in [0.4, 0.5) is 9.93 Å². The van der Waals surface area contributed by atoms with E-state index < -0.39 is 11.9 Å². The number of nitrogens with two attached hydrogens (primary N) is 1. The number of aromatic nitrogens is 3. The second-order valence-electron chi connectivity index (χ2n) is 5.70. The highest BCUT2D eigenvalue weighted by Gasteiger charge is 2.24. The number of nitrogens with zero attached hydrogens (tertiary/aromatic N) is 4. The third kappa shape index (κ3) is 3.28. The number of anilines is 1. The number of para-hydroxylation sites is 2. The Labute approximate surface area is 168 Å². The lowest BCUT2D eigenvalue weighted by molar-refractivity contribution is 0.0940. The van der Waals surface area contributed by atoms with Crippen LogP contribution in [0.5, 0.6) is 0 Å². The fourth-order valence-corrected chi connectivity index (χ4v) is 3.65. The summed E-state index contributed by atoms with van der Waals surface area (Å²) in [5.74, 6) is -0.768. The summed E-state index contributed by atoms with van der Waals surface area (Å²) in [7, 11) is 0. The number of hydrogen-bond acceptors (Lipinski definition) is 5. The number of benzene rings is 2. The average molecular weight is 413 g/mol. The number of rotatable bonds is 3. The van der Waals surface area contributed by atoms with Crippen LogP contribution >= 0.6 is 23.1 Å². The van der Waals surface area contributed by atoms with Crippen molar-refractivity contribution in [2.45, 2.75) is 0 Å². The van der Waals surface area contributed by atoms with E-state index in [0.29, 0.717) is 16.7 Å². The molecule has 0 aliphatic carbocycles. The number of urea groups is 1. The predicted molar refractivity (Wildman–Crippen MR) is 108 cm³/mol. The molecular weight excluding hydrogens is 400 g/mol. The molecule has 0 saturated carbocycles. The maximum Gasteiger partial charge on any atom is 0.340 e. The van der Waals surface area contributed by atoms with Crippen molar-refractivity contribution in [3.05, 3.63) is 65.8 Å². The average Bonchev–Trinajstić information content (AvgIpc) is 3.32. The third-order valence-corrected chi connectivity index (χ3v) is 5.06. The summed E-state index contributed by atoms with van der Waals surface area (Å²) in [6.45, 7) is 0. The Bertz CT molecular complexity index is 1170. The van der Waals surface area contributed by atoms with Crippen LogP contribution in [0.1, 0.15) is 10.6 Å². The molecule has 0 unspecified atom stereocenters. The fraction of sp³-hybridized carbons (Fsp3) is 0. The lowest BCUT2D eigenvalue weighted by atomic mass is 10.2. The summed E-state index contributed by atoms with van der Waals surface area (Å²) in [6, 6.07) is 15.6. The molecule has 28 heavy (non-hydrogen) atoms. The first-order chi connectivity index (χ1) is 13.5. The van der Waals surface area contributed by atoms with Gasteiger partial charge in [0.2, 0.25) is 11.0 Å². The van der Waals surface area contributed by atoms with E-state index in [-0.39, 0.29) is 11.0 Å². The highest BCUT2D eigenvalue weighted by molar-refractivity contribution is 7.14. The Morgan fingerprint density at radius 1 is 1.07 bits per heavy atom. The fourth-order valence-electron chi connectivity index (χ4n) is 2.59. The molecule has 0 saturated heterocycles. The first-order valence-corrected chi connectivity index (χ1v) is 9.31. The van der Waals surface area contributed by atoms with Crippen LogP contribution in [-0.4, -0.2) is 26.0 Å². The zero-order valence-electron chi connectivity index (χ0n) is 14.2. The minimum atomic E-state index is -0.889. The molecule has 2 aromatic heterocycles. The van der Waals surface area contributed by atoms with Crippen molar-refractivity contribution < 1.29 is 9.59 Å². The molecule has 3 N–H and O–H groups in total. The molecule has 8 nitrogen and oxygen atoms in total. The maximum absolute atomic E-state index is 12.6. The number of halogens is 1. The van der Waals surface area contributed by atoms with Gasteiger partial charge in [-0.1, -0.05) is 42.5 Å². The van der Waals surface area contributed by atoms with Crippen molar-refractivity contribution >= 4 is 51.2 Å². The molecule has 0 atom stereocenters. The van der Waals surface area contributed by atoms with Crippen LogP contribution in [0.3, 0.4) is 0 Å². The molecular formula is C18H13ClN6O2S. The van der Waals surface area contributed by atoms with Gasteiger partial charge < -0.3 is 5.73 Å². The van der Waals surface area contributed by atoms with E-state index in [4.69, 9.17) is 17.5 Å². The van der Waals surface area contributed by atoms with Crippen molar-refractivity contribution in [1.29, 1.82) is 0 Å². The molecule has 3 amide bonds. The van der Waals surface area contributed by atoms with E-state index in [1.165, 1.54) is 11.3 Å². The number of carbonyl (C=O) groups excluding carboxylic acids is 2. The van der Waals surface area contributed by atoms with E-state index >= 15 is 0 Å². The van der Waals surface area contributed by atoms with Crippen molar-refractivity contribution in [2.24, 2.45) is 5.73 Å². The highest BCUT2D eigenvalue weighted by Crippen LogP contribution is 2.26. The number of nitrogens with one attached hydrogen (secondary N) is 1. The van der Waals surface area contributed by atoms with Crippen molar-refractivity contribution in [3.63, 3.8) is 0 Å². The summed E-state index contributed by atoms with van der Waals surface area (Å²) in [5, 5.41) is 2.86. The van der Waals surface area contributed by atoms with E-state index in [1.54, 1.807) is 29.6 Å². The molecule has 0 aliphatic heterocycles. The van der Waals surface area contributed by atoms with Crippen LogP contribution < -0.4 is 16.2 Å². The van der Waals surface area contributed by atoms with Gasteiger partial charge >= 0.3 is 11.9 Å². The van der Waals surface area contributed by atoms with Crippen LogP contribution in [0.25, 0.3) is 22.3 Å². The van der Waals surface area contributed by atoms with Gasteiger partial charge in [0.1, 0.15) is 0 Å². The van der Waals surface area contributed by atoms with Gasteiger partial charge in [-0.15, -0.1) is 11.3 Å². The molecule has 0 fully saturated rings. The van der Waals surface area contributed by atoms with Gasteiger partial charge in [-0.3, -0.25) is 4.79 Å². The van der Waals surface area contributed by atoms with Crippen LogP contribution in [0.15, 0.2) is 60.0 Å². The minimum absolute atomic E-state index is 0.0750. The quantitative estimate of drug-likeness (QED) is 0.503. The smallest absolute Gasteiger partial charge is 0.340 e. The lowest BCUT2D eigenvalue weighted by Crippen LogP contribution is -2.49. The minimum Gasteiger partial charge on any atom is -0.350 e. The molecule has 2 heterocycles. The molecule has 0 bridgehead atoms. The van der Waals surface area contributed by atoms with Gasteiger partial charge in [0.05, 0.1) is 16.7 Å². The van der Waals surface area contributed by atoms with Crippen molar-refractivity contribution in [1.82, 2.24) is 19.5 Å². The molecule has 0 spiro atoms. The van der Waals surface area contributed by atoms with Crippen LogP contribution in [0, 0.1) is 0 Å². The zero-order chi connectivity index (χ0) is 19.7. The second-order valence-corrected chi connectivity index (χ2v) is 6.88. The number of hydrogen-bond donors (Lipinski definition) is 2. The Kier molecular flexibility index (Phi) is 4.68. The Morgan fingerprint density at radius 2 is 1.79 bits per heavy atom. The summed E-state index contributed by atoms with van der Waals surface area (Å²) in [4.78, 5) is 33.1. The molecule has 10 heteroatoms. The number of hydrazine groups is 1. The van der Waals surface area contributed by atoms with Gasteiger partial charge in [0.15, 0.2) is 0 Å². The summed E-state index contributed by atoms with van der Waals surface area (Å²) in [6.07, 6.45) is 0. The van der Waals surface area contributed by atoms with E-state index in [9.17, 15) is 9.59 Å². The second kappa shape index (κ2) is 7.29. The predicted octanol–water partition coefficient (Wildman–Crippen LogP) is 3.39.